The minimum absolute atomic E-state index is 0.151. The normalized spacial score (nSPS) is 23.5. The van der Waals surface area contributed by atoms with Gasteiger partial charge >= 0.3 is 0 Å². The highest BCUT2D eigenvalue weighted by molar-refractivity contribution is 9.26. The first kappa shape index (κ1) is 49.7. The molecule has 0 aromatic rings. The van der Waals surface area contributed by atoms with Crippen LogP contribution < -0.4 is 0 Å². The van der Waals surface area contributed by atoms with Crippen LogP contribution >= 0.6 is 41.2 Å². The third-order valence-electron chi connectivity index (χ3n) is 10.7. The van der Waals surface area contributed by atoms with Crippen LogP contribution in [0.4, 0.5) is 0 Å². The highest BCUT2D eigenvalue weighted by Gasteiger charge is 2.21. The quantitative estimate of drug-likeness (QED) is 0.0276. The van der Waals surface area contributed by atoms with Crippen molar-refractivity contribution in [2.75, 3.05) is 64.5 Å². The lowest BCUT2D eigenvalue weighted by Gasteiger charge is -2.31. The highest BCUT2D eigenvalue weighted by Crippen LogP contribution is 2.43. The number of hydrogen-bond acceptors (Lipinski definition) is 10. The van der Waals surface area contributed by atoms with E-state index in [-0.39, 0.29) is 19.4 Å². The van der Waals surface area contributed by atoms with Crippen LogP contribution in [0, 0.1) is 0 Å². The number of hydrogen-bond donors (Lipinski definition) is 0. The predicted molar refractivity (Wildman–Crippen MR) is 243 cm³/mol. The van der Waals surface area contributed by atoms with Crippen LogP contribution in [0.5, 0.6) is 0 Å². The number of nitrogens with zero attached hydrogens (tertiary/aromatic N) is 2. The summed E-state index contributed by atoms with van der Waals surface area (Å²) >= 11 is 0. The highest BCUT2D eigenvalue weighted by atomic mass is 33.7. The van der Waals surface area contributed by atoms with Crippen molar-refractivity contribution < 1.29 is 18.9 Å². The lowest BCUT2D eigenvalue weighted by molar-refractivity contribution is -0.0960. The van der Waals surface area contributed by atoms with Crippen molar-refractivity contribution in [2.24, 2.45) is 0 Å². The summed E-state index contributed by atoms with van der Waals surface area (Å²) in [5.41, 5.74) is 1.77. The van der Waals surface area contributed by atoms with Crippen molar-refractivity contribution in [2.45, 2.75) is 192 Å². The maximum atomic E-state index is 6.21. The van der Waals surface area contributed by atoms with Crippen LogP contribution in [0.1, 0.15) is 169 Å². The lowest BCUT2D eigenvalue weighted by atomic mass is 10.1. The van der Waals surface area contributed by atoms with Crippen LogP contribution in [0.25, 0.3) is 0 Å². The second-order valence-corrected chi connectivity index (χ2v) is 27.5. The molecule has 0 aliphatic carbocycles. The molecule has 0 radical (unpaired) electrons. The molecule has 0 aromatic heterocycles. The molecule has 4 unspecified atom stereocenters. The van der Waals surface area contributed by atoms with Crippen molar-refractivity contribution in [3.05, 3.63) is 0 Å². The van der Waals surface area contributed by atoms with E-state index in [4.69, 9.17) is 18.9 Å². The topological polar surface area (TPSA) is 43.4 Å². The molecule has 0 spiro atoms. The van der Waals surface area contributed by atoms with Crippen molar-refractivity contribution >= 4 is 60.6 Å². The third-order valence-corrected chi connectivity index (χ3v) is 21.7. The zero-order chi connectivity index (χ0) is 37.2. The van der Waals surface area contributed by atoms with Crippen molar-refractivity contribution in [3.63, 3.8) is 0 Å². The van der Waals surface area contributed by atoms with E-state index < -0.39 is 0 Å². The first-order valence-corrected chi connectivity index (χ1v) is 30.1. The van der Waals surface area contributed by atoms with Crippen LogP contribution in [-0.2, 0) is 18.9 Å². The Bertz CT molecular complexity index is 712. The second-order valence-electron chi connectivity index (χ2n) is 15.9. The number of ether oxygens (including phenoxy) is 4. The lowest BCUT2D eigenvalue weighted by Crippen LogP contribution is -2.37. The molecule has 6 nitrogen and oxygen atoms in total. The Morgan fingerprint density at radius 1 is 0.500 bits per heavy atom. The molecule has 2 rings (SSSR count). The minimum atomic E-state index is -0.151. The molecule has 310 valence electrons. The van der Waals surface area contributed by atoms with Gasteiger partial charge in [0.1, 0.15) is 13.6 Å². The average molecular weight is 842 g/mol. The molecule has 0 amide bonds. The summed E-state index contributed by atoms with van der Waals surface area (Å²) in [6.45, 7) is 17.2. The molecule has 0 saturated carbocycles. The summed E-state index contributed by atoms with van der Waals surface area (Å²) < 4.78 is 29.8. The summed E-state index contributed by atoms with van der Waals surface area (Å²) in [4.78, 5) is 0. The molecule has 2 aliphatic rings. The summed E-state index contributed by atoms with van der Waals surface area (Å²) in [6, 6.07) is 0. The molecule has 0 N–H and O–H groups in total. The minimum Gasteiger partial charge on any atom is -0.355 e. The van der Waals surface area contributed by atoms with Gasteiger partial charge in [-0.15, -0.1) is 0 Å². The monoisotopic (exact) mass is 840 g/mol. The average Bonchev–Trinajstić information content (AvgIpc) is 3.13. The zero-order valence-corrected chi connectivity index (χ0v) is 40.6. The van der Waals surface area contributed by atoms with Gasteiger partial charge in [-0.25, -0.2) is 0 Å². The fourth-order valence-electron chi connectivity index (χ4n) is 7.40. The van der Waals surface area contributed by atoms with E-state index in [0.29, 0.717) is 25.8 Å². The van der Waals surface area contributed by atoms with Crippen LogP contribution in [-0.4, -0.2) is 105 Å². The molecular formula is C40H84N2O4S4Si2. The van der Waals surface area contributed by atoms with E-state index in [0.717, 1.165) is 24.3 Å². The molecule has 2 aliphatic heterocycles. The largest absolute Gasteiger partial charge is 0.355 e. The standard InChI is InChI=1S/C40H84N2O4S4Si2/c1-5-7-9-11-13-15-17-31-43-35-45-39-23-21-37(3)51-41(29-25-39)27-19-33-47-49-50-48-34-20-28-42-30-26-40(24-22-38(4)52-42)46-36-44-32-18-16-14-12-10-8-6-2/h37-40H,5-36,51-52H2,1-4H3. The van der Waals surface area contributed by atoms with E-state index in [1.54, 1.807) is 0 Å². The second kappa shape index (κ2) is 36.9. The van der Waals surface area contributed by atoms with Crippen LogP contribution in [0.3, 0.4) is 0 Å². The van der Waals surface area contributed by atoms with E-state index in [1.165, 1.54) is 179 Å². The molecule has 2 saturated heterocycles. The first-order chi connectivity index (χ1) is 25.6. The van der Waals surface area contributed by atoms with Crippen LogP contribution in [0.2, 0.25) is 11.1 Å². The molecule has 0 bridgehead atoms. The SMILES string of the molecule is CCCCCCCCCOCOC1CCC(C)[SiH2]N(CCCSSSSCCCN2CCC(OCOCCCCCCCCC)CCC(C)[SiH2]2)CC1. The molecular weight excluding hydrogens is 757 g/mol. The Labute approximate surface area is 343 Å². The van der Waals surface area contributed by atoms with Gasteiger partial charge in [-0.05, 0) is 121 Å². The van der Waals surface area contributed by atoms with Gasteiger partial charge in [0.25, 0.3) is 0 Å². The zero-order valence-electron chi connectivity index (χ0n) is 34.5. The molecule has 12 heteroatoms. The van der Waals surface area contributed by atoms with E-state index >= 15 is 0 Å². The van der Waals surface area contributed by atoms with Crippen molar-refractivity contribution in [1.29, 1.82) is 0 Å². The van der Waals surface area contributed by atoms with Crippen LogP contribution in [0.15, 0.2) is 0 Å². The van der Waals surface area contributed by atoms with E-state index in [9.17, 15) is 0 Å². The van der Waals surface area contributed by atoms with Gasteiger partial charge in [-0.3, -0.25) is 0 Å². The summed E-state index contributed by atoms with van der Waals surface area (Å²) in [5, 5.41) is 0. The summed E-state index contributed by atoms with van der Waals surface area (Å²) in [6.07, 6.45) is 29.4. The van der Waals surface area contributed by atoms with Gasteiger partial charge in [0.05, 0.1) is 31.6 Å². The maximum Gasteiger partial charge on any atom is 0.147 e. The predicted octanol–water partition coefficient (Wildman–Crippen LogP) is 11.4. The fourth-order valence-corrected chi connectivity index (χ4v) is 17.7. The summed E-state index contributed by atoms with van der Waals surface area (Å²) in [5.74, 6) is 2.52. The molecule has 2 heterocycles. The Morgan fingerprint density at radius 3 is 1.33 bits per heavy atom. The molecule has 0 aromatic carbocycles. The Kier molecular flexibility index (Phi) is 35.3. The van der Waals surface area contributed by atoms with Gasteiger partial charge in [-0.2, -0.15) is 0 Å². The van der Waals surface area contributed by atoms with E-state index in [2.05, 4.69) is 58.4 Å². The van der Waals surface area contributed by atoms with Gasteiger partial charge in [-0.1, -0.05) is 126 Å². The smallest absolute Gasteiger partial charge is 0.147 e. The van der Waals surface area contributed by atoms with Gasteiger partial charge in [0.2, 0.25) is 0 Å². The number of unbranched alkanes of at least 4 members (excludes halogenated alkanes) is 12. The first-order valence-electron chi connectivity index (χ1n) is 22.0. The summed E-state index contributed by atoms with van der Waals surface area (Å²) in [7, 11) is 7.82. The van der Waals surface area contributed by atoms with Gasteiger partial charge < -0.3 is 28.1 Å². The Hall–Kier alpha value is 1.59. The Morgan fingerprint density at radius 2 is 0.904 bits per heavy atom. The number of rotatable bonds is 33. The fraction of sp³-hybridized carbons (Fsp3) is 1.00. The third kappa shape index (κ3) is 29.8. The van der Waals surface area contributed by atoms with Gasteiger partial charge in [0, 0.05) is 24.7 Å². The maximum absolute atomic E-state index is 6.21. The van der Waals surface area contributed by atoms with E-state index in [1.807, 2.05) is 19.7 Å². The molecule has 4 atom stereocenters. The molecule has 2 fully saturated rings. The van der Waals surface area contributed by atoms with Crippen molar-refractivity contribution in [1.82, 2.24) is 9.13 Å². The van der Waals surface area contributed by atoms with Gasteiger partial charge in [0.15, 0.2) is 0 Å². The van der Waals surface area contributed by atoms with Crippen molar-refractivity contribution in [3.8, 4) is 0 Å². The Balaban J connectivity index is 1.42. The molecule has 52 heavy (non-hydrogen) atoms.